The van der Waals surface area contributed by atoms with Gasteiger partial charge in [-0.25, -0.2) is 4.79 Å². The highest BCUT2D eigenvalue weighted by Gasteiger charge is 2.31. The summed E-state index contributed by atoms with van der Waals surface area (Å²) < 4.78 is 12.4. The first-order valence-corrected chi connectivity index (χ1v) is 10.0. The van der Waals surface area contributed by atoms with Crippen LogP contribution in [-0.4, -0.2) is 11.7 Å². The quantitative estimate of drug-likeness (QED) is 0.436. The summed E-state index contributed by atoms with van der Waals surface area (Å²) in [6.07, 6.45) is 4.47. The lowest BCUT2D eigenvalue weighted by Crippen LogP contribution is -2.02. The number of hydrogen-bond acceptors (Lipinski definition) is 2. The average Bonchev–Trinajstić information content (AvgIpc) is 2.54. The Morgan fingerprint density at radius 3 is 2.17 bits per heavy atom. The monoisotopic (exact) mass is 341 g/mol. The zero-order valence-electron chi connectivity index (χ0n) is 14.8. The Kier molecular flexibility index (Phi) is 6.87. The van der Waals surface area contributed by atoms with Crippen LogP contribution in [0.25, 0.3) is 0 Å². The fourth-order valence-electron chi connectivity index (χ4n) is 3.15. The molecule has 1 atom stereocenters. The van der Waals surface area contributed by atoms with Gasteiger partial charge in [0, 0.05) is 0 Å². The molecule has 0 aromatic heterocycles. The van der Waals surface area contributed by atoms with E-state index in [1.807, 2.05) is 39.0 Å². The van der Waals surface area contributed by atoms with E-state index in [0.29, 0.717) is 11.7 Å². The molecule has 0 bridgehead atoms. The molecule has 0 amide bonds. The van der Waals surface area contributed by atoms with E-state index in [-0.39, 0.29) is 5.52 Å². The lowest BCUT2D eigenvalue weighted by atomic mass is 10.0. The van der Waals surface area contributed by atoms with Gasteiger partial charge in [-0.1, -0.05) is 52.6 Å². The molecule has 24 heavy (non-hydrogen) atoms. The molecule has 0 aliphatic heterocycles. The maximum absolute atomic E-state index is 12.5. The van der Waals surface area contributed by atoms with Gasteiger partial charge in [0.2, 0.25) is 0 Å². The first-order chi connectivity index (χ1) is 11.5. The van der Waals surface area contributed by atoms with Gasteiger partial charge in [0.1, 0.15) is 0 Å². The summed E-state index contributed by atoms with van der Waals surface area (Å²) in [6.45, 7) is 5.87. The van der Waals surface area contributed by atoms with E-state index in [2.05, 4.69) is 24.3 Å². The first-order valence-electron chi connectivity index (χ1n) is 8.60. The summed E-state index contributed by atoms with van der Waals surface area (Å²) in [7, 11) is -1.82. The molecule has 0 heterocycles. The second kappa shape index (κ2) is 8.89. The van der Waals surface area contributed by atoms with Crippen molar-refractivity contribution in [2.45, 2.75) is 46.5 Å². The molecular formula is C21H26O2P+. The number of hydrogen-bond donors (Lipinski definition) is 0. The predicted molar refractivity (Wildman–Crippen MR) is 101 cm³/mol. The molecule has 0 N–H and O–H groups in total. The summed E-state index contributed by atoms with van der Waals surface area (Å²) in [6, 6.07) is 14.4. The van der Waals surface area contributed by atoms with Gasteiger partial charge in [-0.2, -0.15) is 0 Å². The van der Waals surface area contributed by atoms with Crippen LogP contribution in [0.15, 0.2) is 42.5 Å². The summed E-state index contributed by atoms with van der Waals surface area (Å²) in [5.74, 6) is 0. The summed E-state index contributed by atoms with van der Waals surface area (Å²) in [5, 5.41) is 0. The van der Waals surface area contributed by atoms with Gasteiger partial charge < -0.3 is 0 Å². The van der Waals surface area contributed by atoms with Crippen molar-refractivity contribution in [1.29, 1.82) is 0 Å². The second-order valence-electron chi connectivity index (χ2n) is 6.48. The number of carbonyl (C=O) groups excluding carboxylic acids is 1. The van der Waals surface area contributed by atoms with E-state index in [1.54, 1.807) is 0 Å². The Bertz CT molecular complexity index is 697. The van der Waals surface area contributed by atoms with Crippen molar-refractivity contribution in [3.05, 3.63) is 70.3 Å². The van der Waals surface area contributed by atoms with Crippen molar-refractivity contribution in [3.63, 3.8) is 0 Å². The molecule has 2 aromatic rings. The molecule has 0 fully saturated rings. The number of carbonyl (C=O) groups is 1. The van der Waals surface area contributed by atoms with Crippen molar-refractivity contribution in [2.24, 2.45) is 0 Å². The normalized spacial score (nSPS) is 11.4. The van der Waals surface area contributed by atoms with Crippen LogP contribution in [0, 0.1) is 20.8 Å². The number of rotatable bonds is 8. The predicted octanol–water partition coefficient (Wildman–Crippen LogP) is 5.99. The summed E-state index contributed by atoms with van der Waals surface area (Å²) >= 11 is 0. The van der Waals surface area contributed by atoms with Crippen molar-refractivity contribution in [3.8, 4) is 0 Å². The molecule has 3 heteroatoms. The lowest BCUT2D eigenvalue weighted by Gasteiger charge is -2.05. The highest BCUT2D eigenvalue weighted by molar-refractivity contribution is 7.64. The van der Waals surface area contributed by atoms with Crippen LogP contribution in [0.5, 0.6) is 0 Å². The van der Waals surface area contributed by atoms with Gasteiger partial charge in [0.15, 0.2) is 6.16 Å². The molecule has 0 saturated heterocycles. The van der Waals surface area contributed by atoms with Crippen LogP contribution in [-0.2, 0) is 11.0 Å². The second-order valence-corrected chi connectivity index (χ2v) is 8.09. The van der Waals surface area contributed by atoms with Crippen molar-refractivity contribution in [2.75, 3.05) is 6.16 Å². The van der Waals surface area contributed by atoms with Gasteiger partial charge in [-0.15, -0.1) is 0 Å². The SMILES string of the molecule is Cc1cc(C)c(C(=O)[P+](=O)CCCCCc2ccccc2)c(C)c1. The number of unbranched alkanes of at least 4 members (excludes halogenated alkanes) is 2. The molecule has 2 aromatic carbocycles. The van der Waals surface area contributed by atoms with Crippen LogP contribution >= 0.6 is 7.80 Å². The highest BCUT2D eigenvalue weighted by atomic mass is 31.1. The molecule has 2 nitrogen and oxygen atoms in total. The third kappa shape index (κ3) is 5.11. The minimum Gasteiger partial charge on any atom is -0.234 e. The minimum absolute atomic E-state index is 0.178. The molecule has 0 spiro atoms. The fraction of sp³-hybridized carbons (Fsp3) is 0.381. The number of benzene rings is 2. The van der Waals surface area contributed by atoms with Crippen LogP contribution in [0.2, 0.25) is 0 Å². The Labute approximate surface area is 146 Å². The van der Waals surface area contributed by atoms with E-state index in [0.717, 1.165) is 42.4 Å². The molecular weight excluding hydrogens is 315 g/mol. The van der Waals surface area contributed by atoms with Gasteiger partial charge in [-0.3, -0.25) is 0 Å². The van der Waals surface area contributed by atoms with E-state index in [4.69, 9.17) is 0 Å². The molecule has 2 rings (SSSR count). The molecule has 0 saturated carbocycles. The summed E-state index contributed by atoms with van der Waals surface area (Å²) in [5.41, 5.74) is 4.82. The van der Waals surface area contributed by atoms with E-state index in [1.165, 1.54) is 5.56 Å². The third-order valence-electron chi connectivity index (χ3n) is 4.29. The van der Waals surface area contributed by atoms with Crippen molar-refractivity contribution >= 4 is 13.3 Å². The number of aryl methyl sites for hydroxylation is 4. The first kappa shape index (κ1) is 18.5. The molecule has 0 radical (unpaired) electrons. The Morgan fingerprint density at radius 2 is 1.54 bits per heavy atom. The van der Waals surface area contributed by atoms with Gasteiger partial charge >= 0.3 is 13.3 Å². The van der Waals surface area contributed by atoms with Crippen LogP contribution in [0.3, 0.4) is 0 Å². The van der Waals surface area contributed by atoms with Crippen molar-refractivity contribution in [1.82, 2.24) is 0 Å². The standard InChI is InChI=1S/C21H26O2P/c1-16-14-17(2)20(18(3)15-16)21(22)24(23)13-9-5-8-12-19-10-6-4-7-11-19/h4,6-7,10-11,14-15H,5,8-9,12-13H2,1-3H3/q+1. The maximum Gasteiger partial charge on any atom is 0.420 e. The van der Waals surface area contributed by atoms with E-state index >= 15 is 0 Å². The topological polar surface area (TPSA) is 34.1 Å². The molecule has 0 aliphatic carbocycles. The smallest absolute Gasteiger partial charge is 0.234 e. The average molecular weight is 341 g/mol. The molecule has 126 valence electrons. The Balaban J connectivity index is 1.81. The maximum atomic E-state index is 12.5. The van der Waals surface area contributed by atoms with Crippen LogP contribution in [0.1, 0.15) is 51.9 Å². The zero-order chi connectivity index (χ0) is 17.5. The van der Waals surface area contributed by atoms with Crippen LogP contribution in [0.4, 0.5) is 0 Å². The largest absolute Gasteiger partial charge is 0.420 e. The van der Waals surface area contributed by atoms with Gasteiger partial charge in [0.05, 0.1) is 5.56 Å². The zero-order valence-corrected chi connectivity index (χ0v) is 15.7. The van der Waals surface area contributed by atoms with E-state index in [9.17, 15) is 9.36 Å². The van der Waals surface area contributed by atoms with Gasteiger partial charge in [-0.05, 0) is 63.1 Å². The van der Waals surface area contributed by atoms with Gasteiger partial charge in [0.25, 0.3) is 0 Å². The highest BCUT2D eigenvalue weighted by Crippen LogP contribution is 2.32. The minimum atomic E-state index is -1.82. The van der Waals surface area contributed by atoms with Crippen LogP contribution < -0.4 is 0 Å². The fourth-order valence-corrected chi connectivity index (χ4v) is 4.47. The molecule has 0 aliphatic rings. The Morgan fingerprint density at radius 1 is 0.917 bits per heavy atom. The molecule has 1 unspecified atom stereocenters. The Hall–Kier alpha value is -1.79. The van der Waals surface area contributed by atoms with Crippen molar-refractivity contribution < 1.29 is 9.36 Å². The third-order valence-corrected chi connectivity index (χ3v) is 5.69. The summed E-state index contributed by atoms with van der Waals surface area (Å²) in [4.78, 5) is 12.5. The van der Waals surface area contributed by atoms with E-state index < -0.39 is 7.80 Å². The lowest BCUT2D eigenvalue weighted by molar-refractivity contribution is 0.107.